The van der Waals surface area contributed by atoms with Crippen molar-refractivity contribution in [2.45, 2.75) is 5.92 Å². The lowest BCUT2D eigenvalue weighted by atomic mass is 9.75. The molecule has 0 fully saturated rings. The molecule has 9 nitrogen and oxygen atoms in total. The number of amides is 2. The first-order valence-corrected chi connectivity index (χ1v) is 10.9. The van der Waals surface area contributed by atoms with E-state index in [1.54, 1.807) is 0 Å². The highest BCUT2D eigenvalue weighted by atomic mass is 79.9. The van der Waals surface area contributed by atoms with Crippen LogP contribution in [0.25, 0.3) is 0 Å². The number of ketones is 2. The molecule has 1 aromatic rings. The van der Waals surface area contributed by atoms with Crippen LogP contribution in [0.2, 0.25) is 0 Å². The number of nitrogens with one attached hydrogen (secondary N) is 1. The van der Waals surface area contributed by atoms with Crippen LogP contribution in [-0.4, -0.2) is 59.7 Å². The van der Waals surface area contributed by atoms with E-state index in [0.717, 1.165) is 12.5 Å². The van der Waals surface area contributed by atoms with Crippen molar-refractivity contribution in [3.8, 4) is 0 Å². The molecule has 1 N–H and O–H groups in total. The van der Waals surface area contributed by atoms with Crippen LogP contribution in [0.4, 0.5) is 14.0 Å². The largest absolute Gasteiger partial charge is 0.419 e. The third kappa shape index (κ3) is 4.14. The fraction of sp³-hybridized carbons (Fsp3) is 0.217. The van der Waals surface area contributed by atoms with Crippen molar-refractivity contribution in [3.05, 3.63) is 82.3 Å². The number of ether oxygens (including phenoxy) is 2. The number of carbonyl (C=O) groups excluding carboxylic acids is 4. The maximum absolute atomic E-state index is 14.0. The first kappa shape index (κ1) is 23.4. The van der Waals surface area contributed by atoms with Crippen LogP contribution >= 0.6 is 15.9 Å². The Bertz CT molecular complexity index is 1140. The first-order valence-electron chi connectivity index (χ1n) is 10.1. The highest BCUT2D eigenvalue weighted by Gasteiger charge is 2.44. The number of halogens is 2. The van der Waals surface area contributed by atoms with Crippen LogP contribution < -0.4 is 5.32 Å². The first-order chi connectivity index (χ1) is 16.2. The number of carbonyl (C=O) groups is 4. The van der Waals surface area contributed by atoms with Crippen molar-refractivity contribution < 1.29 is 33.0 Å². The van der Waals surface area contributed by atoms with Gasteiger partial charge in [0.05, 0.1) is 43.2 Å². The van der Waals surface area contributed by atoms with Gasteiger partial charge in [-0.1, -0.05) is 19.2 Å². The third-order valence-electron chi connectivity index (χ3n) is 5.66. The lowest BCUT2D eigenvalue weighted by Crippen LogP contribution is -2.52. The van der Waals surface area contributed by atoms with Gasteiger partial charge in [0.15, 0.2) is 11.6 Å². The standard InChI is InChI=1S/C23H19BrFN3O6/c1-3-33-22(31)27-8-15-20(17(29)10-27)19(12-5-6-14(25)13(24)7-12)21-16(26-15)9-28(11-18(21)30)23(32)34-4-2/h3-7,19,26H,1-2,8-11H2. The van der Waals surface area contributed by atoms with Gasteiger partial charge in [-0.15, -0.1) is 0 Å². The van der Waals surface area contributed by atoms with E-state index in [9.17, 15) is 23.6 Å². The van der Waals surface area contributed by atoms with Crippen LogP contribution in [0, 0.1) is 5.82 Å². The molecule has 0 atom stereocenters. The van der Waals surface area contributed by atoms with Gasteiger partial charge in [0.2, 0.25) is 0 Å². The Morgan fingerprint density at radius 3 is 1.91 bits per heavy atom. The number of nitrogens with zero attached hydrogens (tertiary/aromatic N) is 2. The number of benzene rings is 1. The van der Waals surface area contributed by atoms with Gasteiger partial charge in [-0.05, 0) is 33.6 Å². The van der Waals surface area contributed by atoms with Crippen molar-refractivity contribution in [3.63, 3.8) is 0 Å². The number of hydrogen-bond donors (Lipinski definition) is 1. The summed E-state index contributed by atoms with van der Waals surface area (Å²) >= 11 is 3.16. The number of dihydropyridines is 1. The van der Waals surface area contributed by atoms with Gasteiger partial charge in [-0.3, -0.25) is 19.4 Å². The van der Waals surface area contributed by atoms with Crippen molar-refractivity contribution in [2.24, 2.45) is 0 Å². The molecule has 0 spiro atoms. The second kappa shape index (κ2) is 9.26. The summed E-state index contributed by atoms with van der Waals surface area (Å²) in [7, 11) is 0. The maximum Gasteiger partial charge on any atom is 0.415 e. The molecule has 3 heterocycles. The fourth-order valence-corrected chi connectivity index (χ4v) is 4.70. The highest BCUT2D eigenvalue weighted by molar-refractivity contribution is 9.10. The molecular weight excluding hydrogens is 513 g/mol. The minimum absolute atomic E-state index is 0.00527. The van der Waals surface area contributed by atoms with Gasteiger partial charge in [-0.25, -0.2) is 14.0 Å². The minimum atomic E-state index is -0.807. The van der Waals surface area contributed by atoms with E-state index in [1.165, 1.54) is 28.0 Å². The molecule has 2 amide bonds. The van der Waals surface area contributed by atoms with Crippen molar-refractivity contribution in [2.75, 3.05) is 26.2 Å². The number of hydrogen-bond acceptors (Lipinski definition) is 7. The summed E-state index contributed by atoms with van der Waals surface area (Å²) in [6.45, 7) is 6.16. The zero-order valence-corrected chi connectivity index (χ0v) is 19.4. The Labute approximate surface area is 202 Å². The van der Waals surface area contributed by atoms with Crippen molar-refractivity contribution in [1.82, 2.24) is 15.1 Å². The molecule has 34 heavy (non-hydrogen) atoms. The molecule has 0 radical (unpaired) electrons. The van der Waals surface area contributed by atoms with Crippen LogP contribution in [0.15, 0.2) is 70.9 Å². The van der Waals surface area contributed by atoms with E-state index in [-0.39, 0.29) is 30.7 Å². The van der Waals surface area contributed by atoms with Gasteiger partial charge in [0.1, 0.15) is 5.82 Å². The lowest BCUT2D eigenvalue weighted by molar-refractivity contribution is -0.118. The van der Waals surface area contributed by atoms with E-state index in [4.69, 9.17) is 9.47 Å². The molecule has 4 rings (SSSR count). The smallest absolute Gasteiger partial charge is 0.415 e. The molecule has 1 aromatic carbocycles. The summed E-state index contributed by atoms with van der Waals surface area (Å²) in [5, 5.41) is 3.08. The molecular formula is C23H19BrFN3O6. The Hall–Kier alpha value is -3.73. The zero-order chi connectivity index (χ0) is 24.6. The second-order valence-corrected chi connectivity index (χ2v) is 8.53. The summed E-state index contributed by atoms with van der Waals surface area (Å²) in [5.41, 5.74) is 1.88. The highest BCUT2D eigenvalue weighted by Crippen LogP contribution is 2.42. The molecule has 176 valence electrons. The van der Waals surface area contributed by atoms with E-state index in [1.807, 2.05) is 0 Å². The molecule has 3 aliphatic rings. The van der Waals surface area contributed by atoms with Gasteiger partial charge >= 0.3 is 12.2 Å². The van der Waals surface area contributed by atoms with Crippen LogP contribution in [0.5, 0.6) is 0 Å². The topological polar surface area (TPSA) is 105 Å². The normalized spacial score (nSPS) is 18.2. The number of Topliss-reactive ketones (excluding diaryl/α,β-unsaturated/α-hetero) is 2. The van der Waals surface area contributed by atoms with E-state index in [0.29, 0.717) is 28.1 Å². The summed E-state index contributed by atoms with van der Waals surface area (Å²) in [4.78, 5) is 53.3. The molecule has 3 aliphatic heterocycles. The quantitative estimate of drug-likeness (QED) is 0.597. The Kier molecular flexibility index (Phi) is 6.38. The molecule has 11 heteroatoms. The average molecular weight is 532 g/mol. The van der Waals surface area contributed by atoms with Gasteiger partial charge in [-0.2, -0.15) is 0 Å². The molecule has 0 aromatic heterocycles. The summed E-state index contributed by atoms with van der Waals surface area (Å²) in [5.74, 6) is -2.10. The maximum atomic E-state index is 14.0. The SMILES string of the molecule is C=COC(=O)N1CC(=O)C2=C(C1)NC1=C(C(=O)CN(C(=O)OC=C)C1)C2c1ccc(F)c(Br)c1. The molecule has 0 bridgehead atoms. The monoisotopic (exact) mass is 531 g/mol. The molecule has 0 aliphatic carbocycles. The van der Waals surface area contributed by atoms with E-state index < -0.39 is 35.5 Å². The van der Waals surface area contributed by atoms with Crippen LogP contribution in [-0.2, 0) is 19.1 Å². The predicted octanol–water partition coefficient (Wildman–Crippen LogP) is 3.11. The number of rotatable bonds is 3. The fourth-order valence-electron chi connectivity index (χ4n) is 4.30. The van der Waals surface area contributed by atoms with Crippen LogP contribution in [0.3, 0.4) is 0 Å². The van der Waals surface area contributed by atoms with E-state index in [2.05, 4.69) is 34.4 Å². The average Bonchev–Trinajstić information content (AvgIpc) is 2.79. The Morgan fingerprint density at radius 2 is 1.47 bits per heavy atom. The molecule has 0 saturated heterocycles. The predicted molar refractivity (Wildman–Crippen MR) is 121 cm³/mol. The van der Waals surface area contributed by atoms with Gasteiger partial charge < -0.3 is 14.8 Å². The summed E-state index contributed by atoms with van der Waals surface area (Å²) in [6.07, 6.45) is 0.419. The minimum Gasteiger partial charge on any atom is -0.419 e. The van der Waals surface area contributed by atoms with E-state index >= 15 is 0 Å². The van der Waals surface area contributed by atoms with Crippen molar-refractivity contribution in [1.29, 1.82) is 0 Å². The molecule has 0 unspecified atom stereocenters. The molecule has 0 saturated carbocycles. The van der Waals surface area contributed by atoms with Gasteiger partial charge in [0.25, 0.3) is 0 Å². The van der Waals surface area contributed by atoms with Gasteiger partial charge in [0, 0.05) is 28.5 Å². The third-order valence-corrected chi connectivity index (χ3v) is 6.27. The van der Waals surface area contributed by atoms with Crippen molar-refractivity contribution >= 4 is 39.7 Å². The Balaban J connectivity index is 1.81. The summed E-state index contributed by atoms with van der Waals surface area (Å²) < 4.78 is 23.7. The zero-order valence-electron chi connectivity index (χ0n) is 17.8. The summed E-state index contributed by atoms with van der Waals surface area (Å²) in [6, 6.07) is 4.25. The Morgan fingerprint density at radius 1 is 0.971 bits per heavy atom. The van der Waals surface area contributed by atoms with Crippen LogP contribution in [0.1, 0.15) is 11.5 Å². The second-order valence-electron chi connectivity index (χ2n) is 7.68. The lowest BCUT2D eigenvalue weighted by Gasteiger charge is -2.41.